The molecule has 0 radical (unpaired) electrons. The third-order valence-corrected chi connectivity index (χ3v) is 8.37. The number of hydrogen-bond acceptors (Lipinski definition) is 5. The fraction of sp³-hybridized carbons (Fsp3) is 0.379. The number of carbonyl (C=O) groups excluding carboxylic acids is 2. The normalized spacial score (nSPS) is 20.2. The van der Waals surface area contributed by atoms with E-state index in [9.17, 15) is 9.59 Å². The van der Waals surface area contributed by atoms with E-state index >= 15 is 0 Å². The molecule has 36 heavy (non-hydrogen) atoms. The lowest BCUT2D eigenvalue weighted by Crippen LogP contribution is -2.57. The number of aryl methyl sites for hydroxylation is 1. The fourth-order valence-electron chi connectivity index (χ4n) is 5.34. The third-order valence-electron chi connectivity index (χ3n) is 7.38. The molecule has 3 heterocycles. The number of methoxy groups -OCH3 is 1. The molecule has 1 saturated heterocycles. The van der Waals surface area contributed by atoms with Crippen LogP contribution in [-0.2, 0) is 11.2 Å². The molecular weight excluding hydrogens is 470 g/mol. The van der Waals surface area contributed by atoms with E-state index in [1.165, 1.54) is 16.0 Å². The average molecular weight is 504 g/mol. The van der Waals surface area contributed by atoms with Crippen LogP contribution in [0.2, 0.25) is 0 Å². The van der Waals surface area contributed by atoms with Crippen molar-refractivity contribution in [3.8, 4) is 5.75 Å². The van der Waals surface area contributed by atoms with Crippen molar-refractivity contribution in [1.29, 1.82) is 0 Å². The molecule has 0 aliphatic carbocycles. The van der Waals surface area contributed by atoms with Gasteiger partial charge >= 0.3 is 0 Å². The number of piperazine rings is 1. The molecule has 188 valence electrons. The predicted molar refractivity (Wildman–Crippen MR) is 143 cm³/mol. The van der Waals surface area contributed by atoms with Gasteiger partial charge in [-0.15, -0.1) is 11.3 Å². The number of benzene rings is 2. The molecule has 3 aromatic rings. The molecule has 2 aromatic carbocycles. The van der Waals surface area contributed by atoms with E-state index < -0.39 is 0 Å². The zero-order valence-electron chi connectivity index (χ0n) is 21.1. The van der Waals surface area contributed by atoms with Crippen molar-refractivity contribution in [2.24, 2.45) is 0 Å². The van der Waals surface area contributed by atoms with Crippen LogP contribution in [0, 0.1) is 6.92 Å². The lowest BCUT2D eigenvalue weighted by atomic mass is 9.93. The molecule has 0 bridgehead atoms. The van der Waals surface area contributed by atoms with E-state index in [-0.39, 0.29) is 23.9 Å². The van der Waals surface area contributed by atoms with Gasteiger partial charge in [0, 0.05) is 42.7 Å². The Kier molecular flexibility index (Phi) is 7.12. The number of fused-ring (bicyclic) bond motifs is 1. The summed E-state index contributed by atoms with van der Waals surface area (Å²) < 4.78 is 5.35. The van der Waals surface area contributed by atoms with Gasteiger partial charge in [0.25, 0.3) is 5.91 Å². The van der Waals surface area contributed by atoms with Crippen LogP contribution in [0.1, 0.15) is 44.9 Å². The first kappa shape index (κ1) is 24.5. The minimum atomic E-state index is -0.0290. The van der Waals surface area contributed by atoms with Crippen molar-refractivity contribution in [1.82, 2.24) is 14.7 Å². The molecular formula is C29H33N3O3S. The number of hydrogen-bond donors (Lipinski definition) is 0. The summed E-state index contributed by atoms with van der Waals surface area (Å²) in [4.78, 5) is 34.1. The first-order chi connectivity index (χ1) is 17.4. The van der Waals surface area contributed by atoms with Crippen LogP contribution in [0.15, 0.2) is 60.0 Å². The third kappa shape index (κ3) is 4.90. The van der Waals surface area contributed by atoms with E-state index in [1.54, 1.807) is 18.4 Å². The van der Waals surface area contributed by atoms with Gasteiger partial charge in [-0.25, -0.2) is 0 Å². The highest BCUT2D eigenvalue weighted by Crippen LogP contribution is 2.38. The van der Waals surface area contributed by atoms with Crippen LogP contribution in [0.3, 0.4) is 0 Å². The monoisotopic (exact) mass is 503 g/mol. The molecule has 5 rings (SSSR count). The van der Waals surface area contributed by atoms with Gasteiger partial charge in [0.2, 0.25) is 5.91 Å². The first-order valence-electron chi connectivity index (χ1n) is 12.5. The van der Waals surface area contributed by atoms with Gasteiger partial charge in [-0.2, -0.15) is 0 Å². The Hall–Kier alpha value is -3.16. The molecule has 2 atom stereocenters. The summed E-state index contributed by atoms with van der Waals surface area (Å²) in [5.41, 5.74) is 4.31. The number of amides is 2. The molecule has 0 unspecified atom stereocenters. The van der Waals surface area contributed by atoms with Gasteiger partial charge < -0.3 is 14.5 Å². The highest BCUT2D eigenvalue weighted by Gasteiger charge is 2.34. The lowest BCUT2D eigenvalue weighted by Gasteiger charge is -2.42. The van der Waals surface area contributed by atoms with Crippen molar-refractivity contribution in [2.45, 2.75) is 32.4 Å². The fourth-order valence-corrected chi connectivity index (χ4v) is 6.24. The van der Waals surface area contributed by atoms with Gasteiger partial charge in [-0.05, 0) is 67.1 Å². The quantitative estimate of drug-likeness (QED) is 0.518. The molecule has 1 aromatic heterocycles. The Labute approximate surface area is 217 Å². The molecule has 2 amide bonds. The van der Waals surface area contributed by atoms with Crippen LogP contribution in [-0.4, -0.2) is 72.4 Å². The summed E-state index contributed by atoms with van der Waals surface area (Å²) in [6.07, 6.45) is 0.960. The summed E-state index contributed by atoms with van der Waals surface area (Å²) in [7, 11) is 1.67. The van der Waals surface area contributed by atoms with Gasteiger partial charge in [-0.3, -0.25) is 14.5 Å². The molecule has 0 N–H and O–H groups in total. The van der Waals surface area contributed by atoms with Gasteiger partial charge in [0.15, 0.2) is 0 Å². The van der Waals surface area contributed by atoms with E-state index in [4.69, 9.17) is 4.74 Å². The summed E-state index contributed by atoms with van der Waals surface area (Å²) in [6, 6.07) is 18.1. The summed E-state index contributed by atoms with van der Waals surface area (Å²) in [6.45, 7) is 6.93. The number of ether oxygens (including phenoxy) is 1. The maximum Gasteiger partial charge on any atom is 0.254 e. The topological polar surface area (TPSA) is 53.1 Å². The zero-order valence-corrected chi connectivity index (χ0v) is 22.0. The average Bonchev–Trinajstić information content (AvgIpc) is 3.37. The van der Waals surface area contributed by atoms with E-state index in [0.29, 0.717) is 31.7 Å². The van der Waals surface area contributed by atoms with Crippen LogP contribution >= 0.6 is 11.3 Å². The van der Waals surface area contributed by atoms with Crippen molar-refractivity contribution in [2.75, 3.05) is 39.8 Å². The number of thiophene rings is 1. The van der Waals surface area contributed by atoms with Crippen molar-refractivity contribution >= 4 is 23.2 Å². The molecule has 1 fully saturated rings. The lowest BCUT2D eigenvalue weighted by molar-refractivity contribution is -0.135. The first-order valence-corrected chi connectivity index (χ1v) is 13.4. The molecule has 7 heteroatoms. The standard InChI is InChI=1S/C29H33N3O3S/c1-20-4-6-23(7-5-20)29(34)32-16-15-30(18-21(32)2)27(33)19-31-14-12-26-25(13-17-36-26)28(31)22-8-10-24(35-3)11-9-22/h4-11,13,17,21,28H,12,14-16,18-19H2,1-3H3/t21-,28+/m0/s1. The molecule has 0 spiro atoms. The highest BCUT2D eigenvalue weighted by atomic mass is 32.1. The molecule has 6 nitrogen and oxygen atoms in total. The maximum atomic E-state index is 13.5. The van der Waals surface area contributed by atoms with Crippen molar-refractivity contribution < 1.29 is 14.3 Å². The van der Waals surface area contributed by atoms with Crippen LogP contribution in [0.4, 0.5) is 0 Å². The maximum absolute atomic E-state index is 13.5. The molecule has 2 aliphatic heterocycles. The number of nitrogens with zero attached hydrogens (tertiary/aromatic N) is 3. The predicted octanol–water partition coefficient (Wildman–Crippen LogP) is 4.39. The Bertz CT molecular complexity index is 1220. The van der Waals surface area contributed by atoms with Crippen LogP contribution in [0.5, 0.6) is 5.75 Å². The summed E-state index contributed by atoms with van der Waals surface area (Å²) >= 11 is 1.80. The minimum absolute atomic E-state index is 0.0290. The molecule has 2 aliphatic rings. The Morgan fingerprint density at radius 3 is 2.44 bits per heavy atom. The second-order valence-electron chi connectivity index (χ2n) is 9.75. The second kappa shape index (κ2) is 10.4. The van der Waals surface area contributed by atoms with E-state index in [1.807, 2.05) is 60.0 Å². The van der Waals surface area contributed by atoms with Gasteiger partial charge in [0.1, 0.15) is 5.75 Å². The van der Waals surface area contributed by atoms with Gasteiger partial charge in [-0.1, -0.05) is 29.8 Å². The summed E-state index contributed by atoms with van der Waals surface area (Å²) in [5, 5.41) is 2.15. The Morgan fingerprint density at radius 2 is 1.75 bits per heavy atom. The zero-order chi connectivity index (χ0) is 25.2. The van der Waals surface area contributed by atoms with Crippen molar-refractivity contribution in [3.05, 3.63) is 87.1 Å². The second-order valence-corrected chi connectivity index (χ2v) is 10.7. The smallest absolute Gasteiger partial charge is 0.254 e. The van der Waals surface area contributed by atoms with Gasteiger partial charge in [0.05, 0.1) is 19.7 Å². The summed E-state index contributed by atoms with van der Waals surface area (Å²) in [5.74, 6) is 0.992. The Morgan fingerprint density at radius 1 is 1.00 bits per heavy atom. The highest BCUT2D eigenvalue weighted by molar-refractivity contribution is 7.10. The minimum Gasteiger partial charge on any atom is -0.497 e. The largest absolute Gasteiger partial charge is 0.497 e. The van der Waals surface area contributed by atoms with Crippen LogP contribution in [0.25, 0.3) is 0 Å². The van der Waals surface area contributed by atoms with E-state index in [2.05, 4.69) is 28.5 Å². The Balaban J connectivity index is 1.27. The molecule has 0 saturated carbocycles. The van der Waals surface area contributed by atoms with E-state index in [0.717, 1.165) is 24.3 Å². The van der Waals surface area contributed by atoms with Crippen LogP contribution < -0.4 is 4.74 Å². The number of carbonyl (C=O) groups is 2. The number of rotatable bonds is 5. The SMILES string of the molecule is COc1ccc([C@@H]2c3ccsc3CCN2CC(=O)N2CCN(C(=O)c3ccc(C)cc3)[C@@H](C)C2)cc1. The van der Waals surface area contributed by atoms with Crippen molar-refractivity contribution in [3.63, 3.8) is 0 Å².